The topological polar surface area (TPSA) is 22.8 Å². The van der Waals surface area contributed by atoms with Gasteiger partial charge in [-0.15, -0.1) is 0 Å². The lowest BCUT2D eigenvalue weighted by Gasteiger charge is -2.06. The van der Waals surface area contributed by atoms with Gasteiger partial charge >= 0.3 is 0 Å². The summed E-state index contributed by atoms with van der Waals surface area (Å²) >= 11 is 0. The van der Waals surface area contributed by atoms with Gasteiger partial charge < -0.3 is 4.57 Å². The maximum atomic E-state index is 4.20. The van der Waals surface area contributed by atoms with E-state index in [0.717, 1.165) is 13.0 Å². The molecule has 3 nitrogen and oxygen atoms in total. The highest BCUT2D eigenvalue weighted by atomic mass is 15.3. The predicted octanol–water partition coefficient (Wildman–Crippen LogP) is 2.93. The van der Waals surface area contributed by atoms with Gasteiger partial charge in [-0.05, 0) is 36.1 Å². The van der Waals surface area contributed by atoms with Crippen molar-refractivity contribution in [3.63, 3.8) is 0 Å². The van der Waals surface area contributed by atoms with Gasteiger partial charge in [0.15, 0.2) is 0 Å². The summed E-state index contributed by atoms with van der Waals surface area (Å²) in [5.74, 6) is 0. The average Bonchev–Trinajstić information content (AvgIpc) is 2.93. The Morgan fingerprint density at radius 1 is 1.17 bits per heavy atom. The number of nitrogens with zero attached hydrogens (tertiary/aromatic N) is 3. The Labute approximate surface area is 107 Å². The normalized spacial score (nSPS) is 11.2. The summed E-state index contributed by atoms with van der Waals surface area (Å²) in [6, 6.07) is 10.9. The zero-order valence-electron chi connectivity index (χ0n) is 10.8. The van der Waals surface area contributed by atoms with Crippen molar-refractivity contribution in [2.24, 2.45) is 7.05 Å². The van der Waals surface area contributed by atoms with E-state index in [1.165, 1.54) is 22.2 Å². The molecule has 18 heavy (non-hydrogen) atoms. The Morgan fingerprint density at radius 3 is 2.83 bits per heavy atom. The molecule has 0 spiro atoms. The van der Waals surface area contributed by atoms with Crippen LogP contribution >= 0.6 is 0 Å². The summed E-state index contributed by atoms with van der Waals surface area (Å²) in [5, 5.41) is 5.51. The lowest BCUT2D eigenvalue weighted by atomic mass is 10.2. The lowest BCUT2D eigenvalue weighted by Crippen LogP contribution is -2.04. The van der Waals surface area contributed by atoms with Crippen LogP contribution in [0.5, 0.6) is 0 Å². The minimum atomic E-state index is 0.993. The van der Waals surface area contributed by atoms with Crippen LogP contribution in [0.25, 0.3) is 10.9 Å². The molecule has 92 valence electrons. The zero-order valence-corrected chi connectivity index (χ0v) is 10.8. The van der Waals surface area contributed by atoms with Crippen LogP contribution in [0.1, 0.15) is 11.3 Å². The first-order valence-electron chi connectivity index (χ1n) is 6.26. The summed E-state index contributed by atoms with van der Waals surface area (Å²) in [6.45, 7) is 3.13. The molecule has 3 rings (SSSR count). The van der Waals surface area contributed by atoms with E-state index in [2.05, 4.69) is 53.1 Å². The van der Waals surface area contributed by atoms with Gasteiger partial charge in [0.05, 0.1) is 0 Å². The standard InChI is InChI=1S/C15H17N3/c1-12-3-4-13-6-9-18(15(13)11-12)10-7-14-5-8-16-17(14)2/h3-6,8-9,11H,7,10H2,1-2H3. The smallest absolute Gasteiger partial charge is 0.0492 e. The molecule has 1 aromatic carbocycles. The van der Waals surface area contributed by atoms with Crippen molar-refractivity contribution in [1.82, 2.24) is 14.3 Å². The molecule has 0 bridgehead atoms. The van der Waals surface area contributed by atoms with E-state index in [9.17, 15) is 0 Å². The molecule has 3 aromatic rings. The summed E-state index contributed by atoms with van der Waals surface area (Å²) in [4.78, 5) is 0. The fourth-order valence-corrected chi connectivity index (χ4v) is 2.37. The molecule has 0 saturated carbocycles. The summed E-state index contributed by atoms with van der Waals surface area (Å²) < 4.78 is 4.26. The van der Waals surface area contributed by atoms with E-state index in [0.29, 0.717) is 0 Å². The van der Waals surface area contributed by atoms with Crippen LogP contribution in [0.15, 0.2) is 42.7 Å². The maximum Gasteiger partial charge on any atom is 0.0492 e. The van der Waals surface area contributed by atoms with Crippen LogP contribution in [0.4, 0.5) is 0 Å². The number of hydrogen-bond acceptors (Lipinski definition) is 1. The van der Waals surface area contributed by atoms with Crippen molar-refractivity contribution >= 4 is 10.9 Å². The molecule has 0 aliphatic rings. The third-order valence-electron chi connectivity index (χ3n) is 3.46. The van der Waals surface area contributed by atoms with Crippen molar-refractivity contribution in [2.45, 2.75) is 19.9 Å². The molecule has 2 aromatic heterocycles. The summed E-state index contributed by atoms with van der Waals surface area (Å²) in [5.41, 5.74) is 3.89. The second kappa shape index (κ2) is 4.33. The molecule has 0 unspecified atom stereocenters. The van der Waals surface area contributed by atoms with E-state index in [1.54, 1.807) is 0 Å². The Hall–Kier alpha value is -2.03. The molecule has 0 fully saturated rings. The van der Waals surface area contributed by atoms with Crippen LogP contribution in [-0.4, -0.2) is 14.3 Å². The predicted molar refractivity (Wildman–Crippen MR) is 73.6 cm³/mol. The molecule has 0 saturated heterocycles. The first kappa shape index (κ1) is 11.1. The number of aryl methyl sites for hydroxylation is 4. The maximum absolute atomic E-state index is 4.20. The molecular formula is C15H17N3. The molecule has 0 N–H and O–H groups in total. The van der Waals surface area contributed by atoms with Gasteiger partial charge in [0.2, 0.25) is 0 Å². The molecular weight excluding hydrogens is 222 g/mol. The van der Waals surface area contributed by atoms with Gasteiger partial charge in [0.25, 0.3) is 0 Å². The molecule has 0 aliphatic carbocycles. The van der Waals surface area contributed by atoms with Gasteiger partial charge in [-0.1, -0.05) is 12.1 Å². The molecule has 0 atom stereocenters. The van der Waals surface area contributed by atoms with Crippen LogP contribution in [0.2, 0.25) is 0 Å². The van der Waals surface area contributed by atoms with Crippen molar-refractivity contribution in [2.75, 3.05) is 0 Å². The van der Waals surface area contributed by atoms with E-state index in [-0.39, 0.29) is 0 Å². The Morgan fingerprint density at radius 2 is 2.06 bits per heavy atom. The lowest BCUT2D eigenvalue weighted by molar-refractivity contribution is 0.649. The average molecular weight is 239 g/mol. The second-order valence-electron chi connectivity index (χ2n) is 4.77. The van der Waals surface area contributed by atoms with Crippen LogP contribution < -0.4 is 0 Å². The Balaban J connectivity index is 1.87. The molecule has 0 aliphatic heterocycles. The number of aromatic nitrogens is 3. The third kappa shape index (κ3) is 1.92. The second-order valence-corrected chi connectivity index (χ2v) is 4.77. The largest absolute Gasteiger partial charge is 0.347 e. The Kier molecular flexibility index (Phi) is 2.67. The van der Waals surface area contributed by atoms with E-state index >= 15 is 0 Å². The summed E-state index contributed by atoms with van der Waals surface area (Å²) in [6.07, 6.45) is 5.03. The minimum Gasteiger partial charge on any atom is -0.347 e. The zero-order chi connectivity index (χ0) is 12.5. The van der Waals surface area contributed by atoms with E-state index < -0.39 is 0 Å². The minimum absolute atomic E-state index is 0.993. The first-order chi connectivity index (χ1) is 8.74. The van der Waals surface area contributed by atoms with Gasteiger partial charge in [0.1, 0.15) is 0 Å². The van der Waals surface area contributed by atoms with Crippen molar-refractivity contribution in [1.29, 1.82) is 0 Å². The number of hydrogen-bond donors (Lipinski definition) is 0. The highest BCUT2D eigenvalue weighted by Gasteiger charge is 2.03. The molecule has 0 amide bonds. The first-order valence-corrected chi connectivity index (χ1v) is 6.26. The van der Waals surface area contributed by atoms with Crippen LogP contribution in [0, 0.1) is 6.92 Å². The van der Waals surface area contributed by atoms with Gasteiger partial charge in [-0.2, -0.15) is 5.10 Å². The highest BCUT2D eigenvalue weighted by Crippen LogP contribution is 2.17. The summed E-state index contributed by atoms with van der Waals surface area (Å²) in [7, 11) is 1.99. The monoisotopic (exact) mass is 239 g/mol. The van der Waals surface area contributed by atoms with Crippen LogP contribution in [-0.2, 0) is 20.0 Å². The molecule has 2 heterocycles. The highest BCUT2D eigenvalue weighted by molar-refractivity contribution is 5.80. The van der Waals surface area contributed by atoms with E-state index in [4.69, 9.17) is 0 Å². The van der Waals surface area contributed by atoms with Crippen molar-refractivity contribution in [3.05, 3.63) is 54.0 Å². The van der Waals surface area contributed by atoms with Gasteiger partial charge in [-0.3, -0.25) is 4.68 Å². The fourth-order valence-electron chi connectivity index (χ4n) is 2.37. The SMILES string of the molecule is Cc1ccc2ccn(CCc3ccnn3C)c2c1. The number of fused-ring (bicyclic) bond motifs is 1. The van der Waals surface area contributed by atoms with Crippen molar-refractivity contribution < 1.29 is 0 Å². The molecule has 3 heteroatoms. The van der Waals surface area contributed by atoms with Gasteiger partial charge in [0, 0.05) is 43.6 Å². The van der Waals surface area contributed by atoms with Crippen molar-refractivity contribution in [3.8, 4) is 0 Å². The number of benzene rings is 1. The number of rotatable bonds is 3. The fraction of sp³-hybridized carbons (Fsp3) is 0.267. The quantitative estimate of drug-likeness (QED) is 0.689. The Bertz CT molecular complexity index is 676. The van der Waals surface area contributed by atoms with E-state index in [1.807, 2.05) is 17.9 Å². The van der Waals surface area contributed by atoms with Gasteiger partial charge in [-0.25, -0.2) is 0 Å². The third-order valence-corrected chi connectivity index (χ3v) is 3.46. The van der Waals surface area contributed by atoms with Crippen LogP contribution in [0.3, 0.4) is 0 Å². The molecule has 0 radical (unpaired) electrons.